The van der Waals surface area contributed by atoms with Gasteiger partial charge in [0, 0.05) is 0 Å². The molecular weight excluding hydrogens is 252 g/mol. The van der Waals surface area contributed by atoms with Crippen molar-refractivity contribution in [1.82, 2.24) is 0 Å². The van der Waals surface area contributed by atoms with Crippen molar-refractivity contribution in [3.05, 3.63) is 11.1 Å². The summed E-state index contributed by atoms with van der Waals surface area (Å²) in [7, 11) is 0. The second-order valence-corrected chi connectivity index (χ2v) is 7.97. The van der Waals surface area contributed by atoms with Crippen molar-refractivity contribution in [2.75, 3.05) is 11.5 Å². The van der Waals surface area contributed by atoms with Crippen molar-refractivity contribution in [2.24, 2.45) is 5.92 Å². The van der Waals surface area contributed by atoms with Gasteiger partial charge in [0.05, 0.1) is 16.8 Å². The van der Waals surface area contributed by atoms with Gasteiger partial charge >= 0.3 is 0 Å². The predicted molar refractivity (Wildman–Crippen MR) is 76.4 cm³/mol. The van der Waals surface area contributed by atoms with Gasteiger partial charge in [-0.05, 0) is 54.8 Å². The Morgan fingerprint density at radius 1 is 1.29 bits per heavy atom. The lowest BCUT2D eigenvalue weighted by Crippen LogP contribution is -2.32. The lowest BCUT2D eigenvalue weighted by molar-refractivity contribution is 0.149. The minimum Gasteiger partial charge on any atom is -0.389 e. The summed E-state index contributed by atoms with van der Waals surface area (Å²) in [5.41, 5.74) is 2.12. The van der Waals surface area contributed by atoms with Crippen molar-refractivity contribution in [3.8, 4) is 0 Å². The molecule has 1 unspecified atom stereocenters. The van der Waals surface area contributed by atoms with Crippen molar-refractivity contribution in [3.63, 3.8) is 0 Å². The van der Waals surface area contributed by atoms with Crippen LogP contribution in [0.2, 0.25) is 0 Å². The highest BCUT2D eigenvalue weighted by atomic mass is 32.2. The van der Waals surface area contributed by atoms with Gasteiger partial charge in [0.2, 0.25) is 0 Å². The molecule has 98 valence electrons. The van der Waals surface area contributed by atoms with E-state index in [9.17, 15) is 10.2 Å². The molecule has 1 aliphatic carbocycles. The minimum absolute atomic E-state index is 0.270. The molecule has 0 aromatic rings. The quantitative estimate of drug-likeness (QED) is 0.760. The number of aliphatic hydroxyl groups is 2. The molecule has 2 N–H and O–H groups in total. The summed E-state index contributed by atoms with van der Waals surface area (Å²) in [5, 5.41) is 20.5. The van der Waals surface area contributed by atoms with Gasteiger partial charge in [0.25, 0.3) is 0 Å². The maximum Gasteiger partial charge on any atom is 0.0963 e. The van der Waals surface area contributed by atoms with E-state index in [0.29, 0.717) is 5.92 Å². The molecule has 2 rings (SSSR count). The Labute approximate surface area is 112 Å². The second kappa shape index (κ2) is 6.00. The lowest BCUT2D eigenvalue weighted by atomic mass is 9.81. The summed E-state index contributed by atoms with van der Waals surface area (Å²) in [6, 6.07) is 0. The van der Waals surface area contributed by atoms with E-state index in [1.807, 2.05) is 30.4 Å². The molecule has 1 aliphatic heterocycles. The van der Waals surface area contributed by atoms with Crippen LogP contribution in [-0.2, 0) is 0 Å². The summed E-state index contributed by atoms with van der Waals surface area (Å²) in [4.78, 5) is 0. The molecule has 17 heavy (non-hydrogen) atoms. The van der Waals surface area contributed by atoms with Crippen LogP contribution in [0.5, 0.6) is 0 Å². The van der Waals surface area contributed by atoms with Crippen LogP contribution in [0.15, 0.2) is 11.1 Å². The van der Waals surface area contributed by atoms with Crippen LogP contribution in [0.4, 0.5) is 0 Å². The fraction of sp³-hybridized carbons (Fsp3) is 0.846. The molecule has 3 atom stereocenters. The largest absolute Gasteiger partial charge is 0.389 e. The van der Waals surface area contributed by atoms with Gasteiger partial charge < -0.3 is 10.2 Å². The molecular formula is C13H22O2S2. The molecule has 0 bridgehead atoms. The van der Waals surface area contributed by atoms with Crippen molar-refractivity contribution < 1.29 is 10.2 Å². The average molecular weight is 274 g/mol. The van der Waals surface area contributed by atoms with E-state index in [2.05, 4.69) is 6.92 Å². The highest BCUT2D eigenvalue weighted by Gasteiger charge is 2.32. The summed E-state index contributed by atoms with van der Waals surface area (Å²) in [6.45, 7) is 4.14. The monoisotopic (exact) mass is 274 g/mol. The van der Waals surface area contributed by atoms with E-state index in [0.717, 1.165) is 35.5 Å². The zero-order valence-electron chi connectivity index (χ0n) is 10.6. The molecule has 4 heteroatoms. The Balaban J connectivity index is 2.10. The molecule has 0 saturated carbocycles. The Morgan fingerprint density at radius 3 is 2.59 bits per heavy atom. The Bertz CT molecular complexity index is 298. The third-order valence-corrected chi connectivity index (χ3v) is 6.71. The molecule has 0 spiro atoms. The molecule has 2 aliphatic rings. The zero-order valence-corrected chi connectivity index (χ0v) is 12.2. The van der Waals surface area contributed by atoms with E-state index in [4.69, 9.17) is 0 Å². The van der Waals surface area contributed by atoms with Crippen LogP contribution < -0.4 is 0 Å². The summed E-state index contributed by atoms with van der Waals surface area (Å²) >= 11 is 3.73. The maximum atomic E-state index is 10.5. The third-order valence-electron chi connectivity index (χ3n) is 3.67. The van der Waals surface area contributed by atoms with Crippen LogP contribution in [0.1, 0.15) is 33.1 Å². The van der Waals surface area contributed by atoms with Crippen LogP contribution in [0.3, 0.4) is 0 Å². The number of thioether (sulfide) groups is 2. The molecule has 2 nitrogen and oxygen atoms in total. The van der Waals surface area contributed by atoms with E-state index in [-0.39, 0.29) is 16.8 Å². The number of aliphatic hydroxyl groups excluding tert-OH is 2. The number of hydrogen-bond acceptors (Lipinski definition) is 4. The molecule has 0 radical (unpaired) electrons. The Morgan fingerprint density at radius 2 is 1.94 bits per heavy atom. The predicted octanol–water partition coefficient (Wildman–Crippen LogP) is 2.65. The summed E-state index contributed by atoms with van der Waals surface area (Å²) in [6.07, 6.45) is 2.31. The highest BCUT2D eigenvalue weighted by molar-refractivity contribution is 8.17. The average Bonchev–Trinajstić information content (AvgIpc) is 2.34. The van der Waals surface area contributed by atoms with Crippen LogP contribution in [-0.4, -0.2) is 38.5 Å². The van der Waals surface area contributed by atoms with Crippen molar-refractivity contribution >= 4 is 23.5 Å². The first-order valence-corrected chi connectivity index (χ1v) is 8.48. The molecule has 0 aromatic heterocycles. The standard InChI is InChI=1S/C13H22O2S2/c1-8-6-10(9(2)11(14)7-8)12(15)13-16-4-3-5-17-13/h8,11-15H,3-7H2,1-2H3/t8-,11-,12?/m1/s1. The Hall–Kier alpha value is 0.360. The van der Waals surface area contributed by atoms with Crippen molar-refractivity contribution in [1.29, 1.82) is 0 Å². The first-order chi connectivity index (χ1) is 8.09. The van der Waals surface area contributed by atoms with E-state index < -0.39 is 0 Å². The molecule has 0 amide bonds. The molecule has 0 aromatic carbocycles. The zero-order chi connectivity index (χ0) is 12.4. The Kier molecular flexibility index (Phi) is 4.87. The van der Waals surface area contributed by atoms with Crippen LogP contribution in [0, 0.1) is 5.92 Å². The third kappa shape index (κ3) is 3.22. The summed E-state index contributed by atoms with van der Waals surface area (Å²) in [5.74, 6) is 2.79. The fourth-order valence-electron chi connectivity index (χ4n) is 2.60. The van der Waals surface area contributed by atoms with Gasteiger partial charge in [0.1, 0.15) is 0 Å². The van der Waals surface area contributed by atoms with E-state index in [1.165, 1.54) is 6.42 Å². The first-order valence-electron chi connectivity index (χ1n) is 6.38. The topological polar surface area (TPSA) is 40.5 Å². The van der Waals surface area contributed by atoms with Gasteiger partial charge in [-0.1, -0.05) is 6.92 Å². The smallest absolute Gasteiger partial charge is 0.0963 e. The fourth-order valence-corrected chi connectivity index (χ4v) is 5.52. The van der Waals surface area contributed by atoms with E-state index >= 15 is 0 Å². The lowest BCUT2D eigenvalue weighted by Gasteiger charge is -2.34. The maximum absolute atomic E-state index is 10.5. The second-order valence-electron chi connectivity index (χ2n) is 5.18. The highest BCUT2D eigenvalue weighted by Crippen LogP contribution is 2.40. The van der Waals surface area contributed by atoms with Crippen molar-refractivity contribution in [2.45, 2.75) is 49.9 Å². The van der Waals surface area contributed by atoms with Crippen LogP contribution >= 0.6 is 23.5 Å². The van der Waals surface area contributed by atoms with Gasteiger partial charge in [-0.2, -0.15) is 0 Å². The molecule has 1 saturated heterocycles. The minimum atomic E-state index is -0.373. The van der Waals surface area contributed by atoms with Gasteiger partial charge in [-0.25, -0.2) is 0 Å². The number of rotatable bonds is 2. The molecule has 1 heterocycles. The molecule has 1 fully saturated rings. The van der Waals surface area contributed by atoms with Gasteiger partial charge in [0.15, 0.2) is 0 Å². The summed E-state index contributed by atoms with van der Waals surface area (Å²) < 4.78 is 0.270. The normalized spacial score (nSPS) is 33.9. The first kappa shape index (κ1) is 13.8. The number of hydrogen-bond donors (Lipinski definition) is 2. The van der Waals surface area contributed by atoms with Crippen LogP contribution in [0.25, 0.3) is 0 Å². The SMILES string of the molecule is CC1=C(C(O)C2SCCCS2)C[C@@H](C)C[C@H]1O. The van der Waals surface area contributed by atoms with Gasteiger partial charge in [-0.3, -0.25) is 0 Å². The van der Waals surface area contributed by atoms with Gasteiger partial charge in [-0.15, -0.1) is 23.5 Å². The van der Waals surface area contributed by atoms with E-state index in [1.54, 1.807) is 0 Å².